The summed E-state index contributed by atoms with van der Waals surface area (Å²) in [6, 6.07) is 0. The molecule has 5 heteroatoms. The first-order valence-corrected chi connectivity index (χ1v) is 10.8. The predicted octanol–water partition coefficient (Wildman–Crippen LogP) is 4.72. The molecule has 0 aromatic rings. The van der Waals surface area contributed by atoms with Gasteiger partial charge in [-0.3, -0.25) is 9.59 Å². The number of esters is 2. The molecule has 6 atom stereocenters. The maximum atomic E-state index is 13.1. The highest BCUT2D eigenvalue weighted by Gasteiger charge is 2.51. The van der Waals surface area contributed by atoms with Crippen LogP contribution in [0.25, 0.3) is 0 Å². The molecule has 2 saturated carbocycles. The largest absolute Gasteiger partial charge is 0.459 e. The summed E-state index contributed by atoms with van der Waals surface area (Å²) < 4.78 is 17.4. The molecule has 2 saturated heterocycles. The normalized spacial score (nSPS) is 34.5. The molecule has 160 valence electrons. The zero-order chi connectivity index (χ0) is 20.9. The monoisotopic (exact) mass is 394 g/mol. The van der Waals surface area contributed by atoms with Gasteiger partial charge in [0.1, 0.15) is 12.2 Å². The molecule has 0 aromatic carbocycles. The summed E-state index contributed by atoms with van der Waals surface area (Å²) in [5.41, 5.74) is -0.829. The number of hydrogen-bond acceptors (Lipinski definition) is 5. The molecule has 0 spiro atoms. The molecular weight excluding hydrogens is 356 g/mol. The Balaban J connectivity index is 1.62. The lowest BCUT2D eigenvalue weighted by atomic mass is 9.61. The van der Waals surface area contributed by atoms with Crippen molar-refractivity contribution < 1.29 is 23.8 Å². The number of hydrogen-bond donors (Lipinski definition) is 0. The van der Waals surface area contributed by atoms with Gasteiger partial charge in [-0.2, -0.15) is 0 Å². The zero-order valence-electron chi connectivity index (χ0n) is 18.7. The molecule has 0 N–H and O–H groups in total. The molecule has 0 aromatic heterocycles. The summed E-state index contributed by atoms with van der Waals surface area (Å²) in [6.07, 6.45) is 4.16. The van der Waals surface area contributed by atoms with Crippen molar-refractivity contribution >= 4 is 11.9 Å². The van der Waals surface area contributed by atoms with E-state index < -0.39 is 5.41 Å². The van der Waals surface area contributed by atoms with Gasteiger partial charge in [-0.05, 0) is 61.7 Å². The van der Waals surface area contributed by atoms with E-state index in [2.05, 4.69) is 41.5 Å². The van der Waals surface area contributed by atoms with Gasteiger partial charge in [0, 0.05) is 0 Å². The summed E-state index contributed by atoms with van der Waals surface area (Å²) in [4.78, 5) is 25.3. The van der Waals surface area contributed by atoms with Crippen molar-refractivity contribution in [1.29, 1.82) is 0 Å². The molecule has 5 nitrogen and oxygen atoms in total. The molecule has 2 aliphatic carbocycles. The number of fused-ring (bicyclic) bond motifs is 1. The van der Waals surface area contributed by atoms with E-state index in [0.29, 0.717) is 11.8 Å². The van der Waals surface area contributed by atoms with Gasteiger partial charge in [0.05, 0.1) is 11.3 Å². The van der Waals surface area contributed by atoms with E-state index in [-0.39, 0.29) is 47.7 Å². The maximum absolute atomic E-state index is 13.1. The van der Waals surface area contributed by atoms with Crippen LogP contribution in [0.5, 0.6) is 0 Å². The number of rotatable bonds is 5. The minimum atomic E-state index is -0.609. The smallest absolute Gasteiger partial charge is 0.314 e. The average molecular weight is 395 g/mol. The van der Waals surface area contributed by atoms with Crippen LogP contribution in [0.2, 0.25) is 0 Å². The molecular formula is C23H38O5. The molecule has 4 rings (SSSR count). The predicted molar refractivity (Wildman–Crippen MR) is 106 cm³/mol. The third-order valence-electron chi connectivity index (χ3n) is 7.28. The van der Waals surface area contributed by atoms with Crippen LogP contribution in [0.4, 0.5) is 0 Å². The highest BCUT2D eigenvalue weighted by atomic mass is 16.7. The molecule has 0 radical (unpaired) electrons. The fraction of sp³-hybridized carbons (Fsp3) is 0.913. The quantitative estimate of drug-likeness (QED) is 0.499. The van der Waals surface area contributed by atoms with Crippen LogP contribution in [0.1, 0.15) is 80.6 Å². The third-order valence-corrected chi connectivity index (χ3v) is 7.28. The Bertz CT molecular complexity index is 613. The van der Waals surface area contributed by atoms with Crippen molar-refractivity contribution in [2.24, 2.45) is 34.0 Å². The fourth-order valence-electron chi connectivity index (χ4n) is 5.54. The lowest BCUT2D eigenvalue weighted by Crippen LogP contribution is -2.46. The van der Waals surface area contributed by atoms with Gasteiger partial charge in [0.25, 0.3) is 0 Å². The lowest BCUT2D eigenvalue weighted by Gasteiger charge is -2.44. The summed E-state index contributed by atoms with van der Waals surface area (Å²) in [5, 5.41) is 0. The minimum absolute atomic E-state index is 0.00937. The first kappa shape index (κ1) is 21.6. The van der Waals surface area contributed by atoms with Crippen molar-refractivity contribution in [2.45, 2.75) is 92.8 Å². The van der Waals surface area contributed by atoms with Gasteiger partial charge in [-0.1, -0.05) is 41.5 Å². The summed E-state index contributed by atoms with van der Waals surface area (Å²) in [7, 11) is 0. The highest BCUT2D eigenvalue weighted by Crippen LogP contribution is 2.49. The van der Waals surface area contributed by atoms with Crippen LogP contribution < -0.4 is 0 Å². The van der Waals surface area contributed by atoms with Gasteiger partial charge < -0.3 is 14.2 Å². The Morgan fingerprint density at radius 3 is 2.32 bits per heavy atom. The fourth-order valence-corrected chi connectivity index (χ4v) is 5.54. The van der Waals surface area contributed by atoms with Crippen LogP contribution in [-0.2, 0) is 23.8 Å². The summed E-state index contributed by atoms with van der Waals surface area (Å²) >= 11 is 0. The highest BCUT2D eigenvalue weighted by molar-refractivity contribution is 5.77. The van der Waals surface area contributed by atoms with Crippen LogP contribution in [0, 0.1) is 34.0 Å². The Morgan fingerprint density at radius 2 is 1.71 bits per heavy atom. The van der Waals surface area contributed by atoms with Crippen LogP contribution in [0.3, 0.4) is 0 Å². The summed E-state index contributed by atoms with van der Waals surface area (Å²) in [6.45, 7) is 14.6. The zero-order valence-corrected chi connectivity index (χ0v) is 18.7. The second-order valence-electron chi connectivity index (χ2n) is 11.7. The lowest BCUT2D eigenvalue weighted by molar-refractivity contribution is -0.197. The van der Waals surface area contributed by atoms with Crippen molar-refractivity contribution in [3.63, 3.8) is 0 Å². The van der Waals surface area contributed by atoms with Gasteiger partial charge >= 0.3 is 11.9 Å². The van der Waals surface area contributed by atoms with Crippen molar-refractivity contribution in [1.82, 2.24) is 0 Å². The van der Waals surface area contributed by atoms with E-state index in [1.807, 2.05) is 6.92 Å². The number of ether oxygens (including phenoxy) is 3. The van der Waals surface area contributed by atoms with Crippen molar-refractivity contribution in [2.75, 3.05) is 6.79 Å². The topological polar surface area (TPSA) is 61.8 Å². The molecule has 2 heterocycles. The van der Waals surface area contributed by atoms with Gasteiger partial charge in [0.15, 0.2) is 6.79 Å². The van der Waals surface area contributed by atoms with E-state index in [4.69, 9.17) is 14.2 Å². The van der Waals surface area contributed by atoms with E-state index in [9.17, 15) is 9.59 Å². The van der Waals surface area contributed by atoms with Crippen molar-refractivity contribution in [3.8, 4) is 0 Å². The third kappa shape index (κ3) is 4.24. The molecule has 2 aliphatic heterocycles. The van der Waals surface area contributed by atoms with Crippen LogP contribution in [-0.4, -0.2) is 30.9 Å². The standard InChI is InChI=1S/C23H38O5/c1-21(2,3)12-23(7,22(4,5)6)20(25)27-13-26-18-15-8-14-9-16(11-15)19(24)28-17(18)10-14/h14-18H,8-13H2,1-7H3. The van der Waals surface area contributed by atoms with Crippen LogP contribution in [0.15, 0.2) is 0 Å². The SMILES string of the molecule is CC(C)(C)CC(C)(C(=O)OCOC1C2CC3CC(C2)C(=O)OC1C3)C(C)(C)C. The molecule has 28 heavy (non-hydrogen) atoms. The number of carbonyl (C=O) groups is 2. The van der Waals surface area contributed by atoms with Crippen LogP contribution >= 0.6 is 0 Å². The van der Waals surface area contributed by atoms with Gasteiger partial charge in [-0.25, -0.2) is 0 Å². The molecule has 6 unspecified atom stereocenters. The Hall–Kier alpha value is -1.10. The second kappa shape index (κ2) is 7.30. The van der Waals surface area contributed by atoms with E-state index >= 15 is 0 Å². The first-order chi connectivity index (χ1) is 12.8. The van der Waals surface area contributed by atoms with Gasteiger partial charge in [0.2, 0.25) is 0 Å². The molecule has 4 fully saturated rings. The average Bonchev–Trinajstić information content (AvgIpc) is 2.69. The second-order valence-corrected chi connectivity index (χ2v) is 11.7. The minimum Gasteiger partial charge on any atom is -0.459 e. The molecule has 0 amide bonds. The molecule has 4 aliphatic rings. The van der Waals surface area contributed by atoms with Crippen molar-refractivity contribution in [3.05, 3.63) is 0 Å². The van der Waals surface area contributed by atoms with E-state index in [0.717, 1.165) is 32.1 Å². The number of carbonyl (C=O) groups excluding carboxylic acids is 2. The van der Waals surface area contributed by atoms with E-state index in [1.54, 1.807) is 0 Å². The Labute approximate surface area is 169 Å². The van der Waals surface area contributed by atoms with E-state index in [1.165, 1.54) is 0 Å². The van der Waals surface area contributed by atoms with Gasteiger partial charge in [-0.15, -0.1) is 0 Å². The Kier molecular flexibility index (Phi) is 5.63. The first-order valence-electron chi connectivity index (χ1n) is 10.8. The molecule has 4 bridgehead atoms. The summed E-state index contributed by atoms with van der Waals surface area (Å²) in [5.74, 6) is 0.648. The maximum Gasteiger partial charge on any atom is 0.314 e. The Morgan fingerprint density at radius 1 is 1.04 bits per heavy atom.